The second-order valence-electron chi connectivity index (χ2n) is 7.16. The van der Waals surface area contributed by atoms with E-state index in [0.717, 1.165) is 17.8 Å². The van der Waals surface area contributed by atoms with Gasteiger partial charge in [0.2, 0.25) is 0 Å². The van der Waals surface area contributed by atoms with Gasteiger partial charge < -0.3 is 19.0 Å². The number of hydrogen-bond acceptors (Lipinski definition) is 6. The van der Waals surface area contributed by atoms with Crippen LogP contribution in [0.5, 0.6) is 17.2 Å². The Morgan fingerprint density at radius 1 is 0.969 bits per heavy atom. The molecular formula is C23H26F3NO5. The number of halogens is 3. The minimum atomic E-state index is -4.40. The van der Waals surface area contributed by atoms with E-state index in [0.29, 0.717) is 17.9 Å². The SMILES string of the molecule is CCC(CON=C(C)C)OC(=O)[C@@H](C)Oc1ccc(Oc2ccc(C(F)(F)F)cc2)cc1. The van der Waals surface area contributed by atoms with Crippen molar-refractivity contribution in [3.05, 3.63) is 54.1 Å². The van der Waals surface area contributed by atoms with Crippen LogP contribution in [0.2, 0.25) is 0 Å². The molecule has 2 rings (SSSR count). The number of hydrogen-bond donors (Lipinski definition) is 0. The lowest BCUT2D eigenvalue weighted by atomic mass is 10.2. The third-order valence-corrected chi connectivity index (χ3v) is 4.13. The summed E-state index contributed by atoms with van der Waals surface area (Å²) in [6.07, 6.45) is -5.15. The first-order chi connectivity index (χ1) is 15.1. The van der Waals surface area contributed by atoms with Crippen LogP contribution in [-0.4, -0.2) is 30.5 Å². The molecule has 0 heterocycles. The van der Waals surface area contributed by atoms with Crippen molar-refractivity contribution in [2.75, 3.05) is 6.61 Å². The Labute approximate surface area is 184 Å². The summed E-state index contributed by atoms with van der Waals surface area (Å²) in [6, 6.07) is 10.7. The normalized spacial score (nSPS) is 13.0. The first-order valence-electron chi connectivity index (χ1n) is 10.0. The van der Waals surface area contributed by atoms with Gasteiger partial charge in [-0.1, -0.05) is 12.1 Å². The van der Waals surface area contributed by atoms with E-state index in [1.807, 2.05) is 6.92 Å². The number of carbonyl (C=O) groups excluding carboxylic acids is 1. The summed E-state index contributed by atoms with van der Waals surface area (Å²) in [7, 11) is 0. The van der Waals surface area contributed by atoms with Crippen LogP contribution >= 0.6 is 0 Å². The predicted octanol–water partition coefficient (Wildman–Crippen LogP) is 6.00. The standard InChI is InChI=1S/C23H26F3NO5/c1-5-18(14-29-27-15(2)3)32-22(28)16(4)30-19-10-12-21(13-11-19)31-20-8-6-17(7-9-20)23(24,25)26/h6-13,16,18H,5,14H2,1-4H3/t16-,18?/m1/s1. The molecule has 6 nitrogen and oxygen atoms in total. The van der Waals surface area contributed by atoms with Crippen LogP contribution in [0.3, 0.4) is 0 Å². The lowest BCUT2D eigenvalue weighted by Crippen LogP contribution is -2.31. The molecule has 9 heteroatoms. The van der Waals surface area contributed by atoms with Crippen molar-refractivity contribution in [2.24, 2.45) is 5.16 Å². The summed E-state index contributed by atoms with van der Waals surface area (Å²) in [4.78, 5) is 17.4. The molecule has 0 radical (unpaired) electrons. The van der Waals surface area contributed by atoms with E-state index >= 15 is 0 Å². The maximum atomic E-state index is 12.6. The highest BCUT2D eigenvalue weighted by Gasteiger charge is 2.30. The average Bonchev–Trinajstić information content (AvgIpc) is 2.73. The topological polar surface area (TPSA) is 66.4 Å². The Bertz CT molecular complexity index is 891. The molecule has 0 aromatic heterocycles. The van der Waals surface area contributed by atoms with E-state index in [2.05, 4.69) is 5.16 Å². The number of rotatable bonds is 10. The number of nitrogens with zero attached hydrogens (tertiary/aromatic N) is 1. The number of benzene rings is 2. The van der Waals surface area contributed by atoms with Gasteiger partial charge in [0.25, 0.3) is 0 Å². The second-order valence-corrected chi connectivity index (χ2v) is 7.16. The third-order valence-electron chi connectivity index (χ3n) is 4.13. The van der Waals surface area contributed by atoms with Gasteiger partial charge >= 0.3 is 12.1 Å². The van der Waals surface area contributed by atoms with Crippen LogP contribution in [0.1, 0.15) is 39.7 Å². The number of alkyl halides is 3. The zero-order valence-corrected chi connectivity index (χ0v) is 18.3. The fourth-order valence-electron chi connectivity index (χ4n) is 2.43. The molecule has 0 aliphatic rings. The lowest BCUT2D eigenvalue weighted by Gasteiger charge is -2.19. The van der Waals surface area contributed by atoms with E-state index in [1.54, 1.807) is 45.0 Å². The Balaban J connectivity index is 1.88. The molecule has 0 spiro atoms. The van der Waals surface area contributed by atoms with Crippen LogP contribution in [-0.2, 0) is 20.5 Å². The Hall–Kier alpha value is -3.23. The number of ether oxygens (including phenoxy) is 3. The number of carbonyl (C=O) groups is 1. The molecule has 0 bridgehead atoms. The van der Waals surface area contributed by atoms with Gasteiger partial charge in [-0.25, -0.2) is 4.79 Å². The molecule has 0 N–H and O–H groups in total. The Morgan fingerprint density at radius 2 is 1.50 bits per heavy atom. The first kappa shape index (κ1) is 25.0. The van der Waals surface area contributed by atoms with Crippen molar-refractivity contribution in [1.82, 2.24) is 0 Å². The monoisotopic (exact) mass is 453 g/mol. The Kier molecular flexibility index (Phi) is 8.92. The highest BCUT2D eigenvalue weighted by molar-refractivity contribution is 5.78. The minimum absolute atomic E-state index is 0.149. The second kappa shape index (κ2) is 11.4. The lowest BCUT2D eigenvalue weighted by molar-refractivity contribution is -0.159. The van der Waals surface area contributed by atoms with Crippen molar-refractivity contribution in [2.45, 2.75) is 52.5 Å². The van der Waals surface area contributed by atoms with E-state index in [9.17, 15) is 18.0 Å². The zero-order valence-electron chi connectivity index (χ0n) is 18.3. The summed E-state index contributed by atoms with van der Waals surface area (Å²) >= 11 is 0. The van der Waals surface area contributed by atoms with E-state index < -0.39 is 29.9 Å². The van der Waals surface area contributed by atoms with Gasteiger partial charge in [-0.2, -0.15) is 13.2 Å². The largest absolute Gasteiger partial charge is 0.479 e. The van der Waals surface area contributed by atoms with Crippen LogP contribution in [0.25, 0.3) is 0 Å². The van der Waals surface area contributed by atoms with Crippen molar-refractivity contribution in [3.63, 3.8) is 0 Å². The van der Waals surface area contributed by atoms with E-state index in [4.69, 9.17) is 19.0 Å². The molecule has 1 unspecified atom stereocenters. The van der Waals surface area contributed by atoms with E-state index in [-0.39, 0.29) is 12.4 Å². The van der Waals surface area contributed by atoms with Gasteiger partial charge in [-0.05, 0) is 75.7 Å². The molecule has 2 atom stereocenters. The fraction of sp³-hybridized carbons (Fsp3) is 0.391. The third kappa shape index (κ3) is 8.13. The summed E-state index contributed by atoms with van der Waals surface area (Å²) < 4.78 is 54.4. The summed E-state index contributed by atoms with van der Waals surface area (Å²) in [5.74, 6) is 0.536. The van der Waals surface area contributed by atoms with Gasteiger partial charge in [0, 0.05) is 0 Å². The average molecular weight is 453 g/mol. The summed E-state index contributed by atoms with van der Waals surface area (Å²) in [5, 5.41) is 3.82. The smallest absolute Gasteiger partial charge is 0.416 e. The predicted molar refractivity (Wildman–Crippen MR) is 113 cm³/mol. The van der Waals surface area contributed by atoms with Crippen LogP contribution in [0, 0.1) is 0 Å². The van der Waals surface area contributed by atoms with Crippen molar-refractivity contribution < 1.29 is 37.0 Å². The minimum Gasteiger partial charge on any atom is -0.479 e. The van der Waals surface area contributed by atoms with E-state index in [1.165, 1.54) is 12.1 Å². The van der Waals surface area contributed by atoms with Crippen molar-refractivity contribution >= 4 is 11.7 Å². The highest BCUT2D eigenvalue weighted by Crippen LogP contribution is 2.31. The van der Waals surface area contributed by atoms with Gasteiger partial charge in [-0.3, -0.25) is 0 Å². The van der Waals surface area contributed by atoms with Crippen molar-refractivity contribution in [1.29, 1.82) is 0 Å². The first-order valence-corrected chi connectivity index (χ1v) is 10.0. The molecule has 0 aliphatic heterocycles. The van der Waals surface area contributed by atoms with Crippen molar-refractivity contribution in [3.8, 4) is 17.2 Å². The van der Waals surface area contributed by atoms with Crippen LogP contribution in [0.15, 0.2) is 53.7 Å². The highest BCUT2D eigenvalue weighted by atomic mass is 19.4. The molecule has 0 saturated heterocycles. The molecule has 0 aliphatic carbocycles. The maximum Gasteiger partial charge on any atom is 0.416 e. The molecular weight excluding hydrogens is 427 g/mol. The summed E-state index contributed by atoms with van der Waals surface area (Å²) in [5.41, 5.74) is 0.00757. The fourth-order valence-corrected chi connectivity index (χ4v) is 2.43. The van der Waals surface area contributed by atoms with Gasteiger partial charge in [0.05, 0.1) is 11.3 Å². The number of oxime groups is 1. The zero-order chi connectivity index (χ0) is 23.7. The molecule has 32 heavy (non-hydrogen) atoms. The van der Waals surface area contributed by atoms with Gasteiger partial charge in [0.15, 0.2) is 12.7 Å². The molecule has 0 amide bonds. The van der Waals surface area contributed by atoms with Crippen LogP contribution in [0.4, 0.5) is 13.2 Å². The molecule has 2 aromatic carbocycles. The van der Waals surface area contributed by atoms with Gasteiger partial charge in [0.1, 0.15) is 23.4 Å². The quantitative estimate of drug-likeness (QED) is 0.251. The summed E-state index contributed by atoms with van der Waals surface area (Å²) in [6.45, 7) is 7.17. The molecule has 2 aromatic rings. The molecule has 174 valence electrons. The van der Waals surface area contributed by atoms with Crippen LogP contribution < -0.4 is 9.47 Å². The number of esters is 1. The molecule has 0 saturated carbocycles. The van der Waals surface area contributed by atoms with Gasteiger partial charge in [-0.15, -0.1) is 0 Å². The maximum absolute atomic E-state index is 12.6. The molecule has 0 fully saturated rings. The Morgan fingerprint density at radius 3 is 2.00 bits per heavy atom.